The van der Waals surface area contributed by atoms with Crippen molar-refractivity contribution >= 4 is 15.9 Å². The molecule has 0 amide bonds. The van der Waals surface area contributed by atoms with Crippen LogP contribution in [0.5, 0.6) is 0 Å². The van der Waals surface area contributed by atoms with Gasteiger partial charge in [0.2, 0.25) is 0 Å². The molecule has 20 heavy (non-hydrogen) atoms. The van der Waals surface area contributed by atoms with E-state index in [0.717, 1.165) is 16.7 Å². The van der Waals surface area contributed by atoms with Crippen molar-refractivity contribution in [1.82, 2.24) is 0 Å². The van der Waals surface area contributed by atoms with Crippen LogP contribution < -0.4 is 0 Å². The third kappa shape index (κ3) is 3.28. The maximum absolute atomic E-state index is 13.2. The van der Waals surface area contributed by atoms with E-state index in [2.05, 4.69) is 15.9 Å². The smallest absolute Gasteiger partial charge is 0.137 e. The van der Waals surface area contributed by atoms with Crippen molar-refractivity contribution in [3.8, 4) is 0 Å². The van der Waals surface area contributed by atoms with Gasteiger partial charge in [-0.25, -0.2) is 4.39 Å². The van der Waals surface area contributed by atoms with Crippen molar-refractivity contribution in [2.24, 2.45) is 0 Å². The first-order valence-corrected chi connectivity index (χ1v) is 7.33. The zero-order chi connectivity index (χ0) is 14.9. The molecular weight excluding hydrogens is 319 g/mol. The number of aliphatic hydroxyl groups is 1. The second kappa shape index (κ2) is 5.66. The number of hydrogen-bond acceptors (Lipinski definition) is 1. The van der Waals surface area contributed by atoms with Crippen LogP contribution in [0.15, 0.2) is 40.9 Å². The molecule has 0 spiro atoms. The summed E-state index contributed by atoms with van der Waals surface area (Å²) in [6.07, 6.45) is 0.439. The minimum absolute atomic E-state index is 0.292. The summed E-state index contributed by atoms with van der Waals surface area (Å²) in [4.78, 5) is 0. The molecular formula is C17H18BrFO. The Labute approximate surface area is 127 Å². The van der Waals surface area contributed by atoms with Crippen LogP contribution in [0, 0.1) is 19.7 Å². The molecule has 0 aliphatic carbocycles. The Bertz CT molecular complexity index is 635. The van der Waals surface area contributed by atoms with Crippen molar-refractivity contribution in [3.63, 3.8) is 0 Å². The lowest BCUT2D eigenvalue weighted by molar-refractivity contribution is 0.0575. The van der Waals surface area contributed by atoms with Gasteiger partial charge in [0.05, 0.1) is 10.1 Å². The number of halogens is 2. The van der Waals surface area contributed by atoms with Crippen LogP contribution in [0.4, 0.5) is 4.39 Å². The maximum atomic E-state index is 13.2. The molecule has 0 saturated carbocycles. The lowest BCUT2D eigenvalue weighted by atomic mass is 9.87. The fourth-order valence-corrected chi connectivity index (χ4v) is 2.65. The van der Waals surface area contributed by atoms with E-state index in [-0.39, 0.29) is 5.82 Å². The summed E-state index contributed by atoms with van der Waals surface area (Å²) in [6, 6.07) is 10.8. The highest BCUT2D eigenvalue weighted by molar-refractivity contribution is 9.10. The number of hydrogen-bond donors (Lipinski definition) is 1. The molecule has 0 bridgehead atoms. The zero-order valence-electron chi connectivity index (χ0n) is 11.9. The molecule has 2 rings (SSSR count). The van der Waals surface area contributed by atoms with Gasteiger partial charge in [0.1, 0.15) is 5.82 Å². The molecule has 3 heteroatoms. The van der Waals surface area contributed by atoms with Crippen molar-refractivity contribution < 1.29 is 9.50 Å². The quantitative estimate of drug-likeness (QED) is 0.864. The van der Waals surface area contributed by atoms with Gasteiger partial charge in [-0.05, 0) is 71.1 Å². The summed E-state index contributed by atoms with van der Waals surface area (Å²) in [5.41, 5.74) is 3.15. The van der Waals surface area contributed by atoms with Gasteiger partial charge in [-0.2, -0.15) is 0 Å². The van der Waals surface area contributed by atoms with E-state index >= 15 is 0 Å². The van der Waals surface area contributed by atoms with Crippen molar-refractivity contribution in [3.05, 3.63) is 68.9 Å². The molecule has 1 nitrogen and oxygen atoms in total. The van der Waals surface area contributed by atoms with Crippen LogP contribution in [0.3, 0.4) is 0 Å². The highest BCUT2D eigenvalue weighted by atomic mass is 79.9. The molecule has 0 saturated heterocycles. The second-order valence-corrected chi connectivity index (χ2v) is 6.35. The van der Waals surface area contributed by atoms with Gasteiger partial charge >= 0.3 is 0 Å². The molecule has 2 aromatic rings. The summed E-state index contributed by atoms with van der Waals surface area (Å²) >= 11 is 3.17. The van der Waals surface area contributed by atoms with Crippen molar-refractivity contribution in [1.29, 1.82) is 0 Å². The predicted molar refractivity (Wildman–Crippen MR) is 83.3 cm³/mol. The van der Waals surface area contributed by atoms with E-state index in [0.29, 0.717) is 10.9 Å². The molecule has 1 atom stereocenters. The van der Waals surface area contributed by atoms with Gasteiger partial charge < -0.3 is 5.11 Å². The second-order valence-electron chi connectivity index (χ2n) is 5.50. The first-order valence-electron chi connectivity index (χ1n) is 6.53. The highest BCUT2D eigenvalue weighted by Gasteiger charge is 2.24. The molecule has 0 aliphatic rings. The predicted octanol–water partition coefficient (Wildman–Crippen LogP) is 4.66. The lowest BCUT2D eigenvalue weighted by Gasteiger charge is -2.25. The molecule has 0 heterocycles. The molecule has 0 radical (unpaired) electrons. The fourth-order valence-electron chi connectivity index (χ4n) is 2.23. The molecule has 1 N–H and O–H groups in total. The van der Waals surface area contributed by atoms with Crippen LogP contribution in [0.1, 0.15) is 29.2 Å². The Kier molecular flexibility index (Phi) is 4.31. The van der Waals surface area contributed by atoms with E-state index in [4.69, 9.17) is 0 Å². The first-order chi connectivity index (χ1) is 9.29. The summed E-state index contributed by atoms with van der Waals surface area (Å²) in [5.74, 6) is -0.292. The molecule has 0 fully saturated rings. The normalized spacial score (nSPS) is 14.1. The third-order valence-electron chi connectivity index (χ3n) is 3.66. The van der Waals surface area contributed by atoms with Gasteiger partial charge in [0.25, 0.3) is 0 Å². The number of rotatable bonds is 3. The van der Waals surface area contributed by atoms with E-state index in [1.165, 1.54) is 11.6 Å². The van der Waals surface area contributed by atoms with E-state index in [1.54, 1.807) is 19.1 Å². The average Bonchev–Trinajstić information content (AvgIpc) is 2.37. The van der Waals surface area contributed by atoms with Gasteiger partial charge in [0, 0.05) is 6.42 Å². The third-order valence-corrected chi connectivity index (χ3v) is 4.27. The fraction of sp³-hybridized carbons (Fsp3) is 0.294. The van der Waals surface area contributed by atoms with Crippen LogP contribution in [-0.2, 0) is 12.0 Å². The summed E-state index contributed by atoms with van der Waals surface area (Å²) in [7, 11) is 0. The van der Waals surface area contributed by atoms with Gasteiger partial charge in [0.15, 0.2) is 0 Å². The zero-order valence-corrected chi connectivity index (χ0v) is 13.5. The maximum Gasteiger partial charge on any atom is 0.137 e. The largest absolute Gasteiger partial charge is 0.385 e. The van der Waals surface area contributed by atoms with Crippen LogP contribution >= 0.6 is 15.9 Å². The van der Waals surface area contributed by atoms with E-state index in [1.807, 2.05) is 32.0 Å². The topological polar surface area (TPSA) is 20.2 Å². The Morgan fingerprint density at radius 3 is 2.40 bits per heavy atom. The Morgan fingerprint density at radius 2 is 1.80 bits per heavy atom. The van der Waals surface area contributed by atoms with Crippen LogP contribution in [0.25, 0.3) is 0 Å². The lowest BCUT2D eigenvalue weighted by Crippen LogP contribution is -2.24. The molecule has 0 aromatic heterocycles. The standard InChI is InChI=1S/C17H18BrFO/c1-11-4-6-14(8-12(11)2)17(3,20)10-13-5-7-16(19)15(18)9-13/h4-9,20H,10H2,1-3H3. The molecule has 0 aliphatic heterocycles. The summed E-state index contributed by atoms with van der Waals surface area (Å²) < 4.78 is 13.7. The SMILES string of the molecule is Cc1ccc(C(C)(O)Cc2ccc(F)c(Br)c2)cc1C. The van der Waals surface area contributed by atoms with E-state index < -0.39 is 5.60 Å². The summed E-state index contributed by atoms with van der Waals surface area (Å²) in [6.45, 7) is 5.86. The van der Waals surface area contributed by atoms with Gasteiger partial charge in [-0.3, -0.25) is 0 Å². The van der Waals surface area contributed by atoms with Crippen LogP contribution in [-0.4, -0.2) is 5.11 Å². The van der Waals surface area contributed by atoms with Crippen molar-refractivity contribution in [2.75, 3.05) is 0 Å². The number of aryl methyl sites for hydroxylation is 2. The molecule has 2 aromatic carbocycles. The molecule has 1 unspecified atom stereocenters. The Hall–Kier alpha value is -1.19. The summed E-state index contributed by atoms with van der Waals surface area (Å²) in [5, 5.41) is 10.7. The first kappa shape index (κ1) is 15.2. The Morgan fingerprint density at radius 1 is 1.10 bits per heavy atom. The van der Waals surface area contributed by atoms with Crippen LogP contribution in [0.2, 0.25) is 0 Å². The van der Waals surface area contributed by atoms with Gasteiger partial charge in [-0.15, -0.1) is 0 Å². The van der Waals surface area contributed by atoms with Gasteiger partial charge in [-0.1, -0.05) is 24.3 Å². The highest BCUT2D eigenvalue weighted by Crippen LogP contribution is 2.28. The number of benzene rings is 2. The van der Waals surface area contributed by atoms with E-state index in [9.17, 15) is 9.50 Å². The monoisotopic (exact) mass is 336 g/mol. The minimum Gasteiger partial charge on any atom is -0.385 e. The Balaban J connectivity index is 2.29. The van der Waals surface area contributed by atoms with Crippen molar-refractivity contribution in [2.45, 2.75) is 32.8 Å². The molecule has 106 valence electrons. The average molecular weight is 337 g/mol. The minimum atomic E-state index is -0.976.